The average molecular weight is 1060 g/mol. The summed E-state index contributed by atoms with van der Waals surface area (Å²) < 4.78 is 66.7. The van der Waals surface area contributed by atoms with Gasteiger partial charge in [-0.3, -0.25) is 18.9 Å². The van der Waals surface area contributed by atoms with Crippen LogP contribution in [0.1, 0.15) is 155 Å². The number of hydrogen-bond acceptors (Lipinski definition) is 13. The van der Waals surface area contributed by atoms with Gasteiger partial charge in [0.15, 0.2) is 12.4 Å². The maximum absolute atomic E-state index is 13.7. The van der Waals surface area contributed by atoms with Gasteiger partial charge >= 0.3 is 22.3 Å². The Morgan fingerprint density at radius 3 is 1.60 bits per heavy atom. The zero-order valence-electron chi connectivity index (χ0n) is 39.1. The summed E-state index contributed by atoms with van der Waals surface area (Å²) >= 11 is 24.1. The molecule has 1 unspecified atom stereocenters. The van der Waals surface area contributed by atoms with Crippen LogP contribution in [0, 0.1) is 0 Å². The molecule has 4 N–H and O–H groups in total. The normalized spacial score (nSPS) is 18.7. The highest BCUT2D eigenvalue weighted by atomic mass is 35.5. The standard InChI is InChI=1S/C48H71Cl4NO14S/c1-2-3-4-5-6-7-8-11-16-21-38(64-43(56)22-17-12-9-14-19-24-62-39-28-34(49)26-35(50)29-39)32-42(55)53-45-47(46(67-68(59,60)61)41(33-54)65-48(45)58)66-44(57)23-18-13-10-15-20-25-63-40-30-36(51)27-37(52)31-40/h26-31,38,41,45-48,54,58H,2-25,32-33H2,1H3,(H,53,55)(H,59,60,61)/t38-,41+,45+,46+,47+,48?/m0/s1. The SMILES string of the molecule is CCCCCCCCCCC[C@@H](CC(=O)N[C@H]1C(O)O[C@H](CO)[C@@H](OS(=O)(=O)O)[C@@H]1OC(=O)CCCCCCCOc1cc(Cl)cc(Cl)c1)OC(=O)CCCCCCCOc1cc(Cl)cc(Cl)c1. The number of esters is 2. The Labute approximate surface area is 422 Å². The van der Waals surface area contributed by atoms with Crippen molar-refractivity contribution < 1.29 is 65.4 Å². The summed E-state index contributed by atoms with van der Waals surface area (Å²) in [5.74, 6) is -0.826. The van der Waals surface area contributed by atoms with E-state index in [-0.39, 0.29) is 19.3 Å². The molecule has 1 aliphatic heterocycles. The highest BCUT2D eigenvalue weighted by molar-refractivity contribution is 7.80. The van der Waals surface area contributed by atoms with Gasteiger partial charge in [0.25, 0.3) is 0 Å². The molecular formula is C48H71Cl4NO14S. The number of hydrogen-bond donors (Lipinski definition) is 4. The lowest BCUT2D eigenvalue weighted by atomic mass is 9.96. The largest absolute Gasteiger partial charge is 0.493 e. The van der Waals surface area contributed by atoms with E-state index in [0.29, 0.717) is 76.9 Å². The van der Waals surface area contributed by atoms with Crippen LogP contribution in [0.15, 0.2) is 36.4 Å². The average Bonchev–Trinajstić information content (AvgIpc) is 3.25. The van der Waals surface area contributed by atoms with Gasteiger partial charge in [-0.25, -0.2) is 4.18 Å². The van der Waals surface area contributed by atoms with Gasteiger partial charge < -0.3 is 39.2 Å². The van der Waals surface area contributed by atoms with Crippen molar-refractivity contribution in [1.29, 1.82) is 0 Å². The summed E-state index contributed by atoms with van der Waals surface area (Å²) in [7, 11) is -5.22. The second-order valence-corrected chi connectivity index (χ2v) is 20.0. The molecule has 1 amide bonds. The molecule has 15 nitrogen and oxygen atoms in total. The number of ether oxygens (including phenoxy) is 5. The highest BCUT2D eigenvalue weighted by Crippen LogP contribution is 2.29. The molecule has 3 rings (SSSR count). The molecule has 1 heterocycles. The first-order valence-corrected chi connectivity index (χ1v) is 26.9. The summed E-state index contributed by atoms with van der Waals surface area (Å²) in [6.07, 6.45) is 8.97. The lowest BCUT2D eigenvalue weighted by molar-refractivity contribution is -0.254. The number of benzene rings is 2. The summed E-state index contributed by atoms with van der Waals surface area (Å²) in [6, 6.07) is 8.37. The summed E-state index contributed by atoms with van der Waals surface area (Å²) in [4.78, 5) is 40.0. The number of halogens is 4. The number of unbranched alkanes of at least 4 members (excludes halogenated alkanes) is 16. The van der Waals surface area contributed by atoms with Crippen molar-refractivity contribution in [2.24, 2.45) is 0 Å². The molecule has 20 heteroatoms. The summed E-state index contributed by atoms with van der Waals surface area (Å²) in [5, 5.41) is 25.5. The van der Waals surface area contributed by atoms with E-state index in [1.54, 1.807) is 36.4 Å². The van der Waals surface area contributed by atoms with Crippen LogP contribution in [0.2, 0.25) is 20.1 Å². The van der Waals surface area contributed by atoms with Crippen molar-refractivity contribution in [3.63, 3.8) is 0 Å². The fourth-order valence-electron chi connectivity index (χ4n) is 7.82. The lowest BCUT2D eigenvalue weighted by Crippen LogP contribution is -2.66. The Hall–Kier alpha value is -2.64. The van der Waals surface area contributed by atoms with Crippen LogP contribution in [0.4, 0.5) is 0 Å². The van der Waals surface area contributed by atoms with E-state index in [0.717, 1.165) is 70.6 Å². The number of aliphatic hydroxyl groups excluding tert-OH is 2. The first kappa shape index (κ1) is 59.7. The number of aliphatic hydroxyl groups is 2. The van der Waals surface area contributed by atoms with Gasteiger partial charge in [-0.1, -0.05) is 143 Å². The van der Waals surface area contributed by atoms with E-state index in [4.69, 9.17) is 74.3 Å². The van der Waals surface area contributed by atoms with E-state index in [1.165, 1.54) is 25.7 Å². The van der Waals surface area contributed by atoms with Crippen LogP contribution in [-0.4, -0.2) is 97.6 Å². The van der Waals surface area contributed by atoms with Crippen molar-refractivity contribution in [2.45, 2.75) is 191 Å². The minimum absolute atomic E-state index is 0.112. The molecule has 0 bridgehead atoms. The van der Waals surface area contributed by atoms with Gasteiger partial charge in [-0.2, -0.15) is 8.42 Å². The zero-order chi connectivity index (χ0) is 49.7. The molecule has 68 heavy (non-hydrogen) atoms. The fourth-order valence-corrected chi connectivity index (χ4v) is 9.34. The third kappa shape index (κ3) is 26.0. The summed E-state index contributed by atoms with van der Waals surface area (Å²) in [6.45, 7) is 2.21. The number of rotatable bonds is 36. The number of carbonyl (C=O) groups excluding carboxylic acids is 3. The molecular weight excluding hydrogens is 988 g/mol. The van der Waals surface area contributed by atoms with Crippen LogP contribution in [0.25, 0.3) is 0 Å². The van der Waals surface area contributed by atoms with Gasteiger partial charge in [0.1, 0.15) is 35.9 Å². The van der Waals surface area contributed by atoms with Crippen molar-refractivity contribution in [2.75, 3.05) is 19.8 Å². The Kier molecular flexibility index (Phi) is 29.7. The predicted molar refractivity (Wildman–Crippen MR) is 262 cm³/mol. The molecule has 0 aromatic heterocycles. The molecule has 0 spiro atoms. The molecule has 2 aromatic rings. The van der Waals surface area contributed by atoms with E-state index >= 15 is 0 Å². The molecule has 6 atom stereocenters. The molecule has 1 aliphatic rings. The van der Waals surface area contributed by atoms with Crippen LogP contribution in [0.5, 0.6) is 11.5 Å². The molecule has 386 valence electrons. The van der Waals surface area contributed by atoms with Crippen LogP contribution < -0.4 is 14.8 Å². The summed E-state index contributed by atoms with van der Waals surface area (Å²) in [5.41, 5.74) is 0. The molecule has 2 aromatic carbocycles. The smallest absolute Gasteiger partial charge is 0.397 e. The second-order valence-electron chi connectivity index (χ2n) is 17.2. The van der Waals surface area contributed by atoms with Gasteiger partial charge in [0, 0.05) is 32.9 Å². The maximum atomic E-state index is 13.7. The number of amides is 1. The molecule has 0 aliphatic carbocycles. The fraction of sp³-hybridized carbons (Fsp3) is 0.688. The lowest BCUT2D eigenvalue weighted by Gasteiger charge is -2.43. The van der Waals surface area contributed by atoms with E-state index < -0.39 is 71.6 Å². The van der Waals surface area contributed by atoms with Crippen molar-refractivity contribution >= 4 is 74.6 Å². The predicted octanol–water partition coefficient (Wildman–Crippen LogP) is 11.0. The topological polar surface area (TPSA) is 213 Å². The first-order chi connectivity index (χ1) is 32.6. The van der Waals surface area contributed by atoms with E-state index in [1.807, 2.05) is 0 Å². The zero-order valence-corrected chi connectivity index (χ0v) is 42.9. The molecule has 1 fully saturated rings. The number of carbonyl (C=O) groups is 3. The minimum Gasteiger partial charge on any atom is -0.493 e. The van der Waals surface area contributed by atoms with Crippen molar-refractivity contribution in [1.82, 2.24) is 5.32 Å². The Balaban J connectivity index is 1.55. The Bertz CT molecular complexity index is 1860. The molecule has 1 saturated heterocycles. The van der Waals surface area contributed by atoms with E-state index in [2.05, 4.69) is 12.2 Å². The van der Waals surface area contributed by atoms with Crippen LogP contribution in [-0.2, 0) is 43.2 Å². The second kappa shape index (κ2) is 33.9. The van der Waals surface area contributed by atoms with Gasteiger partial charge in [0.2, 0.25) is 5.91 Å². The third-order valence-corrected chi connectivity index (χ3v) is 12.6. The van der Waals surface area contributed by atoms with Crippen molar-refractivity contribution in [3.8, 4) is 11.5 Å². The number of nitrogens with one attached hydrogen (secondary N) is 1. The minimum atomic E-state index is -5.22. The highest BCUT2D eigenvalue weighted by Gasteiger charge is 2.50. The Morgan fingerprint density at radius 1 is 0.662 bits per heavy atom. The molecule has 0 saturated carbocycles. The third-order valence-electron chi connectivity index (χ3n) is 11.3. The maximum Gasteiger partial charge on any atom is 0.397 e. The van der Waals surface area contributed by atoms with Gasteiger partial charge in [0.05, 0.1) is 26.2 Å². The van der Waals surface area contributed by atoms with Crippen LogP contribution in [0.3, 0.4) is 0 Å². The Morgan fingerprint density at radius 2 is 1.12 bits per heavy atom. The van der Waals surface area contributed by atoms with Gasteiger partial charge in [-0.15, -0.1) is 0 Å². The van der Waals surface area contributed by atoms with Crippen LogP contribution >= 0.6 is 46.4 Å². The van der Waals surface area contributed by atoms with E-state index in [9.17, 15) is 37.6 Å². The van der Waals surface area contributed by atoms with Gasteiger partial charge in [-0.05, 0) is 74.9 Å². The first-order valence-electron chi connectivity index (χ1n) is 24.0. The quantitative estimate of drug-likeness (QED) is 0.0284. The molecule has 0 radical (unpaired) electrons. The van der Waals surface area contributed by atoms with Crippen molar-refractivity contribution in [3.05, 3.63) is 56.5 Å². The monoisotopic (exact) mass is 1060 g/mol.